The molecule has 0 aromatic heterocycles. The molecule has 2 saturated carbocycles. The van der Waals surface area contributed by atoms with Crippen molar-refractivity contribution in [2.45, 2.75) is 51.4 Å². The van der Waals surface area contributed by atoms with Crippen molar-refractivity contribution < 1.29 is 34.1 Å². The molecule has 2 atom stereocenters. The Kier molecular flexibility index (Phi) is 6.57. The van der Waals surface area contributed by atoms with Gasteiger partial charge in [0, 0.05) is 11.8 Å². The Hall–Kier alpha value is -2.36. The summed E-state index contributed by atoms with van der Waals surface area (Å²) in [5, 5.41) is 18.2. The van der Waals surface area contributed by atoms with Crippen molar-refractivity contribution in [1.29, 1.82) is 0 Å². The number of esters is 1. The van der Waals surface area contributed by atoms with Crippen LogP contribution in [0.25, 0.3) is 0 Å². The fourth-order valence-electron chi connectivity index (χ4n) is 3.59. The maximum Gasteiger partial charge on any atom is 0.322 e. The molecule has 0 aliphatic heterocycles. The summed E-state index contributed by atoms with van der Waals surface area (Å²) in [6.07, 6.45) is 6.83. The molecule has 7 heteroatoms. The fraction of sp³-hybridized carbons (Fsp3) is 0.667. The third-order valence-electron chi connectivity index (χ3n) is 5.04. The van der Waals surface area contributed by atoms with Crippen LogP contribution in [-0.2, 0) is 23.9 Å². The van der Waals surface area contributed by atoms with E-state index in [9.17, 15) is 19.2 Å². The van der Waals surface area contributed by atoms with Gasteiger partial charge >= 0.3 is 17.9 Å². The second-order valence-electron chi connectivity index (χ2n) is 6.82. The molecule has 2 aliphatic rings. The highest BCUT2D eigenvalue weighted by Gasteiger charge is 2.38. The van der Waals surface area contributed by atoms with Gasteiger partial charge in [-0.1, -0.05) is 19.3 Å². The first kappa shape index (κ1) is 19.0. The number of aliphatic carboxylic acids is 2. The third kappa shape index (κ3) is 5.31. The van der Waals surface area contributed by atoms with E-state index in [0.29, 0.717) is 0 Å². The van der Waals surface area contributed by atoms with Crippen molar-refractivity contribution in [1.82, 2.24) is 0 Å². The molecule has 2 aliphatic carbocycles. The molecule has 0 spiro atoms. The first-order valence-corrected chi connectivity index (χ1v) is 8.59. The van der Waals surface area contributed by atoms with Gasteiger partial charge in [0.05, 0.1) is 17.8 Å². The Morgan fingerprint density at radius 3 is 1.80 bits per heavy atom. The largest absolute Gasteiger partial charge is 0.481 e. The molecule has 0 radical (unpaired) electrons. The van der Waals surface area contributed by atoms with Gasteiger partial charge in [0.25, 0.3) is 0 Å². The van der Waals surface area contributed by atoms with Gasteiger partial charge in [-0.3, -0.25) is 19.2 Å². The smallest absolute Gasteiger partial charge is 0.322 e. The van der Waals surface area contributed by atoms with Crippen LogP contribution >= 0.6 is 0 Å². The lowest BCUT2D eigenvalue weighted by Gasteiger charge is -2.28. The van der Waals surface area contributed by atoms with Crippen LogP contribution in [0, 0.1) is 35.7 Å². The van der Waals surface area contributed by atoms with Gasteiger partial charge in [-0.2, -0.15) is 0 Å². The predicted octanol–water partition coefficient (Wildman–Crippen LogP) is 1.84. The van der Waals surface area contributed by atoms with Crippen LogP contribution < -0.4 is 0 Å². The van der Waals surface area contributed by atoms with Crippen LogP contribution in [0.1, 0.15) is 51.4 Å². The van der Waals surface area contributed by atoms with Crippen molar-refractivity contribution >= 4 is 23.7 Å². The number of carbonyl (C=O) groups is 4. The van der Waals surface area contributed by atoms with Gasteiger partial charge in [-0.25, -0.2) is 0 Å². The third-order valence-corrected chi connectivity index (χ3v) is 5.04. The molecular weight excluding hydrogens is 328 g/mol. The highest BCUT2D eigenvalue weighted by Crippen LogP contribution is 2.34. The first-order chi connectivity index (χ1) is 11.9. The SMILES string of the molecule is O=C(O)C1CC(C(=O)O)CC(C(=O)C#COC(=O)C2CCCCC2)C1. The zero-order valence-corrected chi connectivity index (χ0v) is 13.9. The van der Waals surface area contributed by atoms with Crippen LogP contribution in [0.3, 0.4) is 0 Å². The highest BCUT2D eigenvalue weighted by molar-refractivity contribution is 5.98. The van der Waals surface area contributed by atoms with E-state index in [-0.39, 0.29) is 25.2 Å². The van der Waals surface area contributed by atoms with Crippen LogP contribution in [0.2, 0.25) is 0 Å². The van der Waals surface area contributed by atoms with E-state index in [1.807, 2.05) is 0 Å². The van der Waals surface area contributed by atoms with Crippen molar-refractivity contribution in [3.8, 4) is 12.0 Å². The zero-order chi connectivity index (χ0) is 18.4. The number of hydrogen-bond donors (Lipinski definition) is 2. The molecule has 0 aromatic rings. The second-order valence-corrected chi connectivity index (χ2v) is 6.82. The van der Waals surface area contributed by atoms with E-state index in [2.05, 4.69) is 12.0 Å². The summed E-state index contributed by atoms with van der Waals surface area (Å²) in [5.74, 6) is -3.71. The number of rotatable bonds is 4. The Morgan fingerprint density at radius 2 is 1.28 bits per heavy atom. The standard InChI is InChI=1S/C18H22O7/c19-15(6-7-25-18(24)11-4-2-1-3-5-11)12-8-13(16(20)21)10-14(9-12)17(22)23/h11-14H,1-5,8-10H2,(H,20,21)(H,22,23). The number of carboxylic acid groups (broad SMARTS) is 2. The highest BCUT2D eigenvalue weighted by atomic mass is 16.5. The molecule has 25 heavy (non-hydrogen) atoms. The average molecular weight is 350 g/mol. The van der Waals surface area contributed by atoms with Crippen molar-refractivity contribution in [3.05, 3.63) is 0 Å². The van der Waals surface area contributed by atoms with Crippen molar-refractivity contribution in [2.24, 2.45) is 23.7 Å². The number of hydrogen-bond acceptors (Lipinski definition) is 5. The van der Waals surface area contributed by atoms with E-state index in [1.165, 1.54) is 0 Å². The molecule has 0 heterocycles. The second kappa shape index (κ2) is 8.65. The quantitative estimate of drug-likeness (QED) is 0.586. The van der Waals surface area contributed by atoms with Gasteiger partial charge in [-0.15, -0.1) is 0 Å². The van der Waals surface area contributed by atoms with Crippen molar-refractivity contribution in [3.63, 3.8) is 0 Å². The molecule has 0 amide bonds. The molecule has 136 valence electrons. The number of carboxylic acids is 2. The minimum atomic E-state index is -1.11. The molecule has 2 fully saturated rings. The van der Waals surface area contributed by atoms with E-state index in [4.69, 9.17) is 14.9 Å². The lowest BCUT2D eigenvalue weighted by molar-refractivity contribution is -0.149. The first-order valence-electron chi connectivity index (χ1n) is 8.59. The Morgan fingerprint density at radius 1 is 0.760 bits per heavy atom. The van der Waals surface area contributed by atoms with E-state index < -0.39 is 41.4 Å². The van der Waals surface area contributed by atoms with Gasteiger partial charge in [0.2, 0.25) is 5.78 Å². The topological polar surface area (TPSA) is 118 Å². The Labute approximate surface area is 145 Å². The van der Waals surface area contributed by atoms with E-state index in [1.54, 1.807) is 0 Å². The van der Waals surface area contributed by atoms with E-state index in [0.717, 1.165) is 32.1 Å². The summed E-state index contributed by atoms with van der Waals surface area (Å²) in [7, 11) is 0. The maximum absolute atomic E-state index is 12.1. The zero-order valence-electron chi connectivity index (χ0n) is 13.9. The summed E-state index contributed by atoms with van der Waals surface area (Å²) in [6, 6.07) is 0. The number of ketones is 1. The summed E-state index contributed by atoms with van der Waals surface area (Å²) in [5.41, 5.74) is 0. The van der Waals surface area contributed by atoms with Gasteiger partial charge in [-0.05, 0) is 32.1 Å². The number of Topliss-reactive ketones (excluding diaryl/α,β-unsaturated/α-hetero) is 1. The van der Waals surface area contributed by atoms with Crippen LogP contribution in [-0.4, -0.2) is 33.9 Å². The predicted molar refractivity (Wildman–Crippen MR) is 85.0 cm³/mol. The Balaban J connectivity index is 1.93. The summed E-state index contributed by atoms with van der Waals surface area (Å²) >= 11 is 0. The van der Waals surface area contributed by atoms with Crippen LogP contribution in [0.4, 0.5) is 0 Å². The molecular formula is C18H22O7. The molecule has 7 nitrogen and oxygen atoms in total. The molecule has 0 aromatic carbocycles. The lowest BCUT2D eigenvalue weighted by atomic mass is 9.73. The minimum Gasteiger partial charge on any atom is -0.481 e. The molecule has 0 saturated heterocycles. The van der Waals surface area contributed by atoms with Crippen LogP contribution in [0.15, 0.2) is 0 Å². The summed E-state index contributed by atoms with van der Waals surface area (Å²) in [6.45, 7) is 0. The summed E-state index contributed by atoms with van der Waals surface area (Å²) in [4.78, 5) is 46.3. The molecule has 2 unspecified atom stereocenters. The monoisotopic (exact) mass is 350 g/mol. The molecule has 2 N–H and O–H groups in total. The summed E-state index contributed by atoms with van der Waals surface area (Å²) < 4.78 is 4.84. The lowest BCUT2D eigenvalue weighted by Crippen LogP contribution is -2.34. The van der Waals surface area contributed by atoms with Crippen molar-refractivity contribution in [2.75, 3.05) is 0 Å². The number of ether oxygens (including phenoxy) is 1. The fourth-order valence-corrected chi connectivity index (χ4v) is 3.59. The van der Waals surface area contributed by atoms with Gasteiger partial charge < -0.3 is 14.9 Å². The van der Waals surface area contributed by atoms with Gasteiger partial charge in [0.1, 0.15) is 6.11 Å². The average Bonchev–Trinajstić information content (AvgIpc) is 2.61. The van der Waals surface area contributed by atoms with Gasteiger partial charge in [0.15, 0.2) is 0 Å². The molecule has 2 rings (SSSR count). The van der Waals surface area contributed by atoms with Crippen LogP contribution in [0.5, 0.6) is 0 Å². The van der Waals surface area contributed by atoms with E-state index >= 15 is 0 Å². The minimum absolute atomic E-state index is 0.0124. The normalized spacial score (nSPS) is 26.8. The Bertz CT molecular complexity index is 585. The number of carbonyl (C=O) groups excluding carboxylic acids is 2. The maximum atomic E-state index is 12.1. The molecule has 0 bridgehead atoms.